The van der Waals surface area contributed by atoms with Crippen molar-refractivity contribution in [1.82, 2.24) is 0 Å². The van der Waals surface area contributed by atoms with Crippen LogP contribution in [0.5, 0.6) is 5.75 Å². The molecule has 0 fully saturated rings. The molecule has 0 unspecified atom stereocenters. The SMILES string of the molecule is COc1cc(F)cc(C#CCS)c1. The van der Waals surface area contributed by atoms with Gasteiger partial charge in [0, 0.05) is 11.6 Å². The van der Waals surface area contributed by atoms with Crippen molar-refractivity contribution < 1.29 is 9.13 Å². The Kier molecular flexibility index (Phi) is 3.66. The summed E-state index contributed by atoms with van der Waals surface area (Å²) >= 11 is 3.93. The second kappa shape index (κ2) is 4.78. The number of thiol groups is 1. The van der Waals surface area contributed by atoms with E-state index in [2.05, 4.69) is 24.5 Å². The zero-order valence-corrected chi connectivity index (χ0v) is 8.07. The van der Waals surface area contributed by atoms with Crippen molar-refractivity contribution in [2.45, 2.75) is 0 Å². The van der Waals surface area contributed by atoms with Crippen molar-refractivity contribution in [3.8, 4) is 17.6 Å². The van der Waals surface area contributed by atoms with Crippen LogP contribution in [0.3, 0.4) is 0 Å². The highest BCUT2D eigenvalue weighted by atomic mass is 32.1. The van der Waals surface area contributed by atoms with Crippen LogP contribution in [0.25, 0.3) is 0 Å². The van der Waals surface area contributed by atoms with Crippen LogP contribution in [0.15, 0.2) is 18.2 Å². The Balaban J connectivity index is 3.01. The second-order valence-corrected chi connectivity index (χ2v) is 2.66. The van der Waals surface area contributed by atoms with E-state index < -0.39 is 0 Å². The minimum Gasteiger partial charge on any atom is -0.497 e. The highest BCUT2D eigenvalue weighted by molar-refractivity contribution is 7.80. The van der Waals surface area contributed by atoms with Crippen molar-refractivity contribution in [2.24, 2.45) is 0 Å². The summed E-state index contributed by atoms with van der Waals surface area (Å²) in [4.78, 5) is 0. The molecule has 0 atom stereocenters. The van der Waals surface area contributed by atoms with Gasteiger partial charge in [-0.2, -0.15) is 12.6 Å². The van der Waals surface area contributed by atoms with Crippen molar-refractivity contribution >= 4 is 12.6 Å². The normalized spacial score (nSPS) is 8.85. The van der Waals surface area contributed by atoms with Gasteiger partial charge in [-0.3, -0.25) is 0 Å². The van der Waals surface area contributed by atoms with Gasteiger partial charge in [0.25, 0.3) is 0 Å². The zero-order chi connectivity index (χ0) is 9.68. The molecule has 1 nitrogen and oxygen atoms in total. The standard InChI is InChI=1S/C10H9FOS/c1-12-10-6-8(3-2-4-13)5-9(11)7-10/h5-7,13H,4H2,1H3. The summed E-state index contributed by atoms with van der Waals surface area (Å²) in [6, 6.07) is 4.35. The number of methoxy groups -OCH3 is 1. The van der Waals surface area contributed by atoms with Crippen LogP contribution in [0, 0.1) is 17.7 Å². The van der Waals surface area contributed by atoms with E-state index in [4.69, 9.17) is 4.74 Å². The lowest BCUT2D eigenvalue weighted by atomic mass is 10.2. The van der Waals surface area contributed by atoms with Crippen LogP contribution in [0.2, 0.25) is 0 Å². The summed E-state index contributed by atoms with van der Waals surface area (Å²) in [5.41, 5.74) is 0.603. The van der Waals surface area contributed by atoms with Crippen molar-refractivity contribution in [3.63, 3.8) is 0 Å². The minimum absolute atomic E-state index is 0.345. The van der Waals surface area contributed by atoms with Crippen LogP contribution >= 0.6 is 12.6 Å². The number of ether oxygens (including phenoxy) is 1. The predicted molar refractivity (Wildman–Crippen MR) is 53.7 cm³/mol. The Bertz CT molecular complexity index is 352. The summed E-state index contributed by atoms with van der Waals surface area (Å²) < 4.78 is 17.8. The highest BCUT2D eigenvalue weighted by Crippen LogP contribution is 2.14. The van der Waals surface area contributed by atoms with Gasteiger partial charge in [-0.25, -0.2) is 4.39 Å². The predicted octanol–water partition coefficient (Wildman–Crippen LogP) is 2.12. The van der Waals surface area contributed by atoms with E-state index in [9.17, 15) is 4.39 Å². The van der Waals surface area contributed by atoms with E-state index in [1.807, 2.05) is 0 Å². The van der Waals surface area contributed by atoms with E-state index in [0.29, 0.717) is 17.1 Å². The third-order valence-electron chi connectivity index (χ3n) is 1.42. The first-order valence-electron chi connectivity index (χ1n) is 3.70. The smallest absolute Gasteiger partial charge is 0.128 e. The number of halogens is 1. The third-order valence-corrected chi connectivity index (χ3v) is 1.58. The Morgan fingerprint density at radius 2 is 2.23 bits per heavy atom. The van der Waals surface area contributed by atoms with Gasteiger partial charge < -0.3 is 4.74 Å². The van der Waals surface area contributed by atoms with Gasteiger partial charge >= 0.3 is 0 Å². The molecule has 0 saturated carbocycles. The molecule has 1 aromatic rings. The summed E-state index contributed by atoms with van der Waals surface area (Å²) in [7, 11) is 1.49. The maximum absolute atomic E-state index is 12.9. The molecule has 0 N–H and O–H groups in total. The zero-order valence-electron chi connectivity index (χ0n) is 7.17. The van der Waals surface area contributed by atoms with Crippen LogP contribution in [-0.2, 0) is 0 Å². The molecule has 0 heterocycles. The molecule has 3 heteroatoms. The molecule has 13 heavy (non-hydrogen) atoms. The molecule has 0 amide bonds. The second-order valence-electron chi connectivity index (χ2n) is 2.34. The Morgan fingerprint density at radius 1 is 1.46 bits per heavy atom. The molecule has 0 bridgehead atoms. The van der Waals surface area contributed by atoms with Gasteiger partial charge in [0.05, 0.1) is 12.9 Å². The topological polar surface area (TPSA) is 9.23 Å². The average molecular weight is 196 g/mol. The monoisotopic (exact) mass is 196 g/mol. The quantitative estimate of drug-likeness (QED) is 0.534. The number of rotatable bonds is 1. The van der Waals surface area contributed by atoms with Crippen LogP contribution in [-0.4, -0.2) is 12.9 Å². The molecule has 0 aromatic heterocycles. The van der Waals surface area contributed by atoms with Crippen molar-refractivity contribution in [2.75, 3.05) is 12.9 Å². The summed E-state index contributed by atoms with van der Waals surface area (Å²) in [5, 5.41) is 0. The molecule has 0 saturated heterocycles. The fourth-order valence-electron chi connectivity index (χ4n) is 0.894. The summed E-state index contributed by atoms with van der Waals surface area (Å²) in [6.45, 7) is 0. The Morgan fingerprint density at radius 3 is 2.85 bits per heavy atom. The molecule has 0 aliphatic carbocycles. The molecule has 0 spiro atoms. The fourth-order valence-corrected chi connectivity index (χ4v) is 0.973. The molecular weight excluding hydrogens is 187 g/mol. The third kappa shape index (κ3) is 3.00. The van der Waals surface area contributed by atoms with Gasteiger partial charge in [-0.15, -0.1) is 0 Å². The van der Waals surface area contributed by atoms with Gasteiger partial charge in [-0.1, -0.05) is 11.8 Å². The van der Waals surface area contributed by atoms with E-state index in [0.717, 1.165) is 0 Å². The largest absolute Gasteiger partial charge is 0.497 e. The van der Waals surface area contributed by atoms with Gasteiger partial charge in [0.1, 0.15) is 11.6 Å². The van der Waals surface area contributed by atoms with E-state index in [1.54, 1.807) is 6.07 Å². The molecule has 1 aromatic carbocycles. The average Bonchev–Trinajstić information content (AvgIpc) is 2.14. The van der Waals surface area contributed by atoms with Gasteiger partial charge in [-0.05, 0) is 12.1 Å². The van der Waals surface area contributed by atoms with E-state index in [-0.39, 0.29) is 5.82 Å². The number of benzene rings is 1. The first kappa shape index (κ1) is 9.94. The first-order chi connectivity index (χ1) is 6.26. The summed E-state index contributed by atoms with van der Waals surface area (Å²) in [6.07, 6.45) is 0. The lowest BCUT2D eigenvalue weighted by Gasteiger charge is -1.99. The van der Waals surface area contributed by atoms with Crippen molar-refractivity contribution in [3.05, 3.63) is 29.6 Å². The lowest BCUT2D eigenvalue weighted by molar-refractivity contribution is 0.411. The molecule has 0 aliphatic heterocycles. The van der Waals surface area contributed by atoms with E-state index in [1.165, 1.54) is 19.2 Å². The molecule has 0 aliphatic rings. The van der Waals surface area contributed by atoms with Crippen molar-refractivity contribution in [1.29, 1.82) is 0 Å². The summed E-state index contributed by atoms with van der Waals surface area (Å²) in [5.74, 6) is 6.09. The molecule has 0 radical (unpaired) electrons. The lowest BCUT2D eigenvalue weighted by Crippen LogP contribution is -1.86. The Hall–Kier alpha value is -1.14. The van der Waals surface area contributed by atoms with Crippen LogP contribution in [0.1, 0.15) is 5.56 Å². The number of hydrogen-bond acceptors (Lipinski definition) is 2. The van der Waals surface area contributed by atoms with Crippen LogP contribution in [0.4, 0.5) is 4.39 Å². The fraction of sp³-hybridized carbons (Fsp3) is 0.200. The molecule has 68 valence electrons. The Labute approximate surface area is 82.3 Å². The van der Waals surface area contributed by atoms with Crippen LogP contribution < -0.4 is 4.74 Å². The first-order valence-corrected chi connectivity index (χ1v) is 4.34. The number of hydrogen-bond donors (Lipinski definition) is 1. The van der Waals surface area contributed by atoms with Gasteiger partial charge in [0.15, 0.2) is 0 Å². The van der Waals surface area contributed by atoms with Gasteiger partial charge in [0.2, 0.25) is 0 Å². The maximum Gasteiger partial charge on any atom is 0.128 e. The van der Waals surface area contributed by atoms with E-state index >= 15 is 0 Å². The maximum atomic E-state index is 12.9. The highest BCUT2D eigenvalue weighted by Gasteiger charge is 1.97. The molecular formula is C10H9FOS. The molecule has 1 rings (SSSR count). The minimum atomic E-state index is -0.345.